The number of thiazole rings is 1. The van der Waals surface area contributed by atoms with E-state index >= 15 is 0 Å². The van der Waals surface area contributed by atoms with E-state index < -0.39 is 0 Å². The summed E-state index contributed by atoms with van der Waals surface area (Å²) < 4.78 is 1.30. The monoisotopic (exact) mass is 289 g/mol. The molecule has 3 rings (SSSR count). The molecule has 1 aliphatic rings. The standard InChI is InChI=1S/C16H23N3S/c1-18(11-12-19-9-5-2-6-10-19)13-16-17-14-7-3-4-8-15(14)20-16/h3-4,7-8H,2,5-6,9-13H2,1H3. The van der Waals surface area contributed by atoms with Gasteiger partial charge in [-0.15, -0.1) is 11.3 Å². The second kappa shape index (κ2) is 6.66. The van der Waals surface area contributed by atoms with Gasteiger partial charge < -0.3 is 4.90 Å². The molecule has 0 saturated carbocycles. The summed E-state index contributed by atoms with van der Waals surface area (Å²) in [5.74, 6) is 0. The SMILES string of the molecule is CN(CCN1CCCCC1)Cc1nc2ccccc2s1. The number of hydrogen-bond donors (Lipinski definition) is 0. The Bertz CT molecular complexity index is 512. The summed E-state index contributed by atoms with van der Waals surface area (Å²) in [6, 6.07) is 8.41. The average Bonchev–Trinajstić information content (AvgIpc) is 2.88. The molecule has 4 heteroatoms. The van der Waals surface area contributed by atoms with Crippen LogP contribution in [0.25, 0.3) is 10.2 Å². The molecule has 0 unspecified atom stereocenters. The number of fused-ring (bicyclic) bond motifs is 1. The number of rotatable bonds is 5. The molecule has 20 heavy (non-hydrogen) atoms. The van der Waals surface area contributed by atoms with E-state index in [0.29, 0.717) is 0 Å². The van der Waals surface area contributed by atoms with Crippen molar-refractivity contribution in [2.45, 2.75) is 25.8 Å². The second-order valence-corrected chi connectivity index (χ2v) is 6.83. The Morgan fingerprint density at radius 2 is 2.00 bits per heavy atom. The quantitative estimate of drug-likeness (QED) is 0.842. The zero-order valence-electron chi connectivity index (χ0n) is 12.2. The van der Waals surface area contributed by atoms with E-state index in [4.69, 9.17) is 4.98 Å². The van der Waals surface area contributed by atoms with E-state index in [9.17, 15) is 0 Å². The van der Waals surface area contributed by atoms with Crippen LogP contribution in [-0.4, -0.2) is 48.0 Å². The number of nitrogens with zero attached hydrogens (tertiary/aromatic N) is 3. The molecule has 0 atom stereocenters. The number of benzene rings is 1. The number of aromatic nitrogens is 1. The number of piperidine rings is 1. The van der Waals surface area contributed by atoms with Crippen LogP contribution >= 0.6 is 11.3 Å². The Balaban J connectivity index is 1.51. The Morgan fingerprint density at radius 3 is 2.80 bits per heavy atom. The summed E-state index contributed by atoms with van der Waals surface area (Å²) in [4.78, 5) is 9.70. The van der Waals surface area contributed by atoms with Crippen molar-refractivity contribution < 1.29 is 0 Å². The van der Waals surface area contributed by atoms with Gasteiger partial charge in [-0.3, -0.25) is 4.90 Å². The third-order valence-corrected chi connectivity index (χ3v) is 5.01. The molecule has 108 valence electrons. The molecule has 1 aliphatic heterocycles. The Labute approximate surface area is 125 Å². The summed E-state index contributed by atoms with van der Waals surface area (Å²) in [5.41, 5.74) is 1.14. The minimum Gasteiger partial charge on any atom is -0.302 e. The molecule has 0 amide bonds. The van der Waals surface area contributed by atoms with Gasteiger partial charge in [0.1, 0.15) is 5.01 Å². The van der Waals surface area contributed by atoms with Crippen LogP contribution in [0, 0.1) is 0 Å². The van der Waals surface area contributed by atoms with Crippen molar-refractivity contribution in [3.8, 4) is 0 Å². The molecular formula is C16H23N3S. The number of para-hydroxylation sites is 1. The number of hydrogen-bond acceptors (Lipinski definition) is 4. The fourth-order valence-corrected chi connectivity index (χ4v) is 3.84. The molecule has 1 saturated heterocycles. The first kappa shape index (κ1) is 14.0. The molecule has 1 aromatic heterocycles. The predicted molar refractivity (Wildman–Crippen MR) is 86.2 cm³/mol. The first-order valence-corrected chi connectivity index (χ1v) is 8.38. The van der Waals surface area contributed by atoms with Crippen molar-refractivity contribution >= 4 is 21.6 Å². The second-order valence-electron chi connectivity index (χ2n) is 5.72. The van der Waals surface area contributed by atoms with Gasteiger partial charge >= 0.3 is 0 Å². The first-order chi connectivity index (χ1) is 9.81. The fourth-order valence-electron chi connectivity index (χ4n) is 2.79. The maximum atomic E-state index is 4.71. The van der Waals surface area contributed by atoms with Crippen molar-refractivity contribution in [2.75, 3.05) is 33.2 Å². The van der Waals surface area contributed by atoms with Crippen LogP contribution in [0.15, 0.2) is 24.3 Å². The van der Waals surface area contributed by atoms with E-state index in [0.717, 1.165) is 18.6 Å². The van der Waals surface area contributed by atoms with Crippen molar-refractivity contribution in [3.63, 3.8) is 0 Å². The van der Waals surface area contributed by atoms with Crippen LogP contribution < -0.4 is 0 Å². The molecule has 1 aromatic carbocycles. The van der Waals surface area contributed by atoms with Crippen molar-refractivity contribution in [1.29, 1.82) is 0 Å². The molecule has 3 nitrogen and oxygen atoms in total. The fraction of sp³-hybridized carbons (Fsp3) is 0.562. The van der Waals surface area contributed by atoms with Crippen LogP contribution in [-0.2, 0) is 6.54 Å². The molecule has 0 radical (unpaired) electrons. The van der Waals surface area contributed by atoms with Gasteiger partial charge in [0.05, 0.1) is 16.8 Å². The zero-order chi connectivity index (χ0) is 13.8. The van der Waals surface area contributed by atoms with E-state index in [-0.39, 0.29) is 0 Å². The largest absolute Gasteiger partial charge is 0.302 e. The van der Waals surface area contributed by atoms with Gasteiger partial charge in [-0.25, -0.2) is 4.98 Å². The molecule has 0 aliphatic carbocycles. The minimum atomic E-state index is 0.965. The third kappa shape index (κ3) is 3.57. The number of likely N-dealkylation sites (N-methyl/N-ethyl adjacent to an activating group) is 1. The smallest absolute Gasteiger partial charge is 0.108 e. The summed E-state index contributed by atoms with van der Waals surface area (Å²) in [6.07, 6.45) is 4.17. The normalized spacial score (nSPS) is 17.1. The van der Waals surface area contributed by atoms with E-state index in [2.05, 4.69) is 41.1 Å². The Hall–Kier alpha value is -0.970. The summed E-state index contributed by atoms with van der Waals surface area (Å²) >= 11 is 1.82. The Morgan fingerprint density at radius 1 is 1.20 bits per heavy atom. The van der Waals surface area contributed by atoms with Crippen LogP contribution in [0.1, 0.15) is 24.3 Å². The predicted octanol–water partition coefficient (Wildman–Crippen LogP) is 3.21. The van der Waals surface area contributed by atoms with Crippen molar-refractivity contribution in [1.82, 2.24) is 14.8 Å². The highest BCUT2D eigenvalue weighted by atomic mass is 32.1. The lowest BCUT2D eigenvalue weighted by molar-refractivity contribution is 0.194. The van der Waals surface area contributed by atoms with Gasteiger partial charge in [0.25, 0.3) is 0 Å². The maximum Gasteiger partial charge on any atom is 0.108 e. The molecule has 0 N–H and O–H groups in total. The minimum absolute atomic E-state index is 0.965. The summed E-state index contributed by atoms with van der Waals surface area (Å²) in [5, 5.41) is 1.23. The molecule has 0 spiro atoms. The van der Waals surface area contributed by atoms with Gasteiger partial charge in [0.15, 0.2) is 0 Å². The topological polar surface area (TPSA) is 19.4 Å². The first-order valence-electron chi connectivity index (χ1n) is 7.56. The van der Waals surface area contributed by atoms with Crippen LogP contribution in [0.5, 0.6) is 0 Å². The Kier molecular flexibility index (Phi) is 4.65. The van der Waals surface area contributed by atoms with E-state index in [1.807, 2.05) is 11.3 Å². The van der Waals surface area contributed by atoms with Gasteiger partial charge in [-0.05, 0) is 45.1 Å². The van der Waals surface area contributed by atoms with Gasteiger partial charge in [0, 0.05) is 13.1 Å². The number of likely N-dealkylation sites (tertiary alicyclic amines) is 1. The average molecular weight is 289 g/mol. The maximum absolute atomic E-state index is 4.71. The van der Waals surface area contributed by atoms with Crippen molar-refractivity contribution in [3.05, 3.63) is 29.3 Å². The summed E-state index contributed by atoms with van der Waals surface area (Å²) in [6.45, 7) is 5.87. The molecule has 2 aromatic rings. The third-order valence-electron chi connectivity index (χ3n) is 3.99. The van der Waals surface area contributed by atoms with Crippen molar-refractivity contribution in [2.24, 2.45) is 0 Å². The molecular weight excluding hydrogens is 266 g/mol. The molecule has 0 bridgehead atoms. The van der Waals surface area contributed by atoms with Gasteiger partial charge in [0.2, 0.25) is 0 Å². The lowest BCUT2D eigenvalue weighted by Gasteiger charge is -2.28. The van der Waals surface area contributed by atoms with Gasteiger partial charge in [-0.1, -0.05) is 18.6 Å². The zero-order valence-corrected chi connectivity index (χ0v) is 13.0. The van der Waals surface area contributed by atoms with Crippen LogP contribution in [0.4, 0.5) is 0 Å². The highest BCUT2D eigenvalue weighted by Gasteiger charge is 2.11. The summed E-state index contributed by atoms with van der Waals surface area (Å²) in [7, 11) is 2.20. The highest BCUT2D eigenvalue weighted by molar-refractivity contribution is 7.18. The molecule has 1 fully saturated rings. The molecule has 2 heterocycles. The van der Waals surface area contributed by atoms with Gasteiger partial charge in [-0.2, -0.15) is 0 Å². The van der Waals surface area contributed by atoms with E-state index in [1.54, 1.807) is 0 Å². The van der Waals surface area contributed by atoms with E-state index in [1.165, 1.54) is 48.6 Å². The lowest BCUT2D eigenvalue weighted by Crippen LogP contribution is -2.36. The van der Waals surface area contributed by atoms with Crippen LogP contribution in [0.2, 0.25) is 0 Å². The lowest BCUT2D eigenvalue weighted by atomic mass is 10.1. The highest BCUT2D eigenvalue weighted by Crippen LogP contribution is 2.22. The van der Waals surface area contributed by atoms with Crippen LogP contribution in [0.3, 0.4) is 0 Å².